The smallest absolute Gasteiger partial charge is 0.337 e. The number of hydrogen-bond donors (Lipinski definition) is 1. The van der Waals surface area contributed by atoms with E-state index in [0.29, 0.717) is 41.1 Å². The minimum Gasteiger partial charge on any atom is -0.496 e. The number of thiocarbonyl (C=S) groups is 1. The molecule has 2 heterocycles. The Hall–Kier alpha value is -3.26. The molecule has 0 saturated heterocycles. The van der Waals surface area contributed by atoms with Gasteiger partial charge in [0.1, 0.15) is 19.0 Å². The van der Waals surface area contributed by atoms with Crippen LogP contribution in [0.15, 0.2) is 47.7 Å². The molecular formula is C23H24N2O5S. The number of ether oxygens (including phenoxy) is 4. The van der Waals surface area contributed by atoms with Crippen LogP contribution in [0.5, 0.6) is 17.2 Å². The van der Waals surface area contributed by atoms with Crippen molar-refractivity contribution in [3.63, 3.8) is 0 Å². The summed E-state index contributed by atoms with van der Waals surface area (Å²) in [6.45, 7) is 4.82. The van der Waals surface area contributed by atoms with Gasteiger partial charge in [-0.3, -0.25) is 4.90 Å². The van der Waals surface area contributed by atoms with E-state index in [-0.39, 0.29) is 0 Å². The van der Waals surface area contributed by atoms with Crippen LogP contribution in [0.4, 0.5) is 5.69 Å². The van der Waals surface area contributed by atoms with Gasteiger partial charge in [-0.25, -0.2) is 4.79 Å². The van der Waals surface area contributed by atoms with Crippen LogP contribution in [0.1, 0.15) is 24.1 Å². The normalized spacial score (nSPS) is 17.9. The lowest BCUT2D eigenvalue weighted by atomic mass is 9.93. The number of methoxy groups -OCH3 is 2. The van der Waals surface area contributed by atoms with Gasteiger partial charge in [-0.2, -0.15) is 0 Å². The largest absolute Gasteiger partial charge is 0.496 e. The van der Waals surface area contributed by atoms with E-state index in [2.05, 4.69) is 5.32 Å². The molecule has 2 aliphatic heterocycles. The van der Waals surface area contributed by atoms with Crippen LogP contribution in [-0.4, -0.2) is 38.5 Å². The lowest BCUT2D eigenvalue weighted by Gasteiger charge is -2.37. The molecule has 0 aliphatic carbocycles. The molecule has 8 heteroatoms. The quantitative estimate of drug-likeness (QED) is 0.571. The summed E-state index contributed by atoms with van der Waals surface area (Å²) in [5.41, 5.74) is 3.79. The number of nitrogens with zero attached hydrogens (tertiary/aromatic N) is 1. The Balaban J connectivity index is 1.79. The fourth-order valence-corrected chi connectivity index (χ4v) is 4.29. The van der Waals surface area contributed by atoms with E-state index in [1.165, 1.54) is 7.11 Å². The van der Waals surface area contributed by atoms with E-state index in [9.17, 15) is 4.79 Å². The van der Waals surface area contributed by atoms with Gasteiger partial charge < -0.3 is 24.3 Å². The average Bonchev–Trinajstić information content (AvgIpc) is 2.78. The highest BCUT2D eigenvalue weighted by atomic mass is 32.1. The standard InChI is InChI=1S/C23H24N2O5S/c1-13-11-15(5-7-17(13)27-3)21-20(22(26)28-4)14(2)25(23(31)24-21)16-6-8-18-19(12-16)30-10-9-29-18/h5-8,11-12,21H,9-10H2,1-4H3,(H,24,31)/t21-/m1/s1. The Morgan fingerprint density at radius 3 is 2.52 bits per heavy atom. The van der Waals surface area contributed by atoms with Gasteiger partial charge in [0.15, 0.2) is 16.6 Å². The molecule has 7 nitrogen and oxygen atoms in total. The first-order chi connectivity index (χ1) is 14.9. The molecule has 0 fully saturated rings. The summed E-state index contributed by atoms with van der Waals surface area (Å²) < 4.78 is 21.8. The molecule has 1 N–H and O–H groups in total. The molecule has 162 valence electrons. The van der Waals surface area contributed by atoms with E-state index in [1.54, 1.807) is 7.11 Å². The Morgan fingerprint density at radius 2 is 1.84 bits per heavy atom. The summed E-state index contributed by atoms with van der Waals surface area (Å²) in [4.78, 5) is 14.6. The number of esters is 1. The van der Waals surface area contributed by atoms with Crippen molar-refractivity contribution in [1.29, 1.82) is 0 Å². The van der Waals surface area contributed by atoms with Crippen molar-refractivity contribution in [1.82, 2.24) is 5.32 Å². The first kappa shape index (κ1) is 21.0. The van der Waals surface area contributed by atoms with Crippen molar-refractivity contribution < 1.29 is 23.7 Å². The Morgan fingerprint density at radius 1 is 1.10 bits per heavy atom. The van der Waals surface area contributed by atoms with Crippen molar-refractivity contribution in [2.75, 3.05) is 32.3 Å². The van der Waals surface area contributed by atoms with Crippen molar-refractivity contribution in [2.24, 2.45) is 0 Å². The third-order valence-corrected chi connectivity index (χ3v) is 5.73. The summed E-state index contributed by atoms with van der Waals surface area (Å²) in [6, 6.07) is 10.9. The predicted molar refractivity (Wildman–Crippen MR) is 121 cm³/mol. The zero-order valence-electron chi connectivity index (χ0n) is 17.9. The number of allylic oxidation sites excluding steroid dienone is 1. The number of fused-ring (bicyclic) bond motifs is 1. The maximum atomic E-state index is 12.8. The maximum Gasteiger partial charge on any atom is 0.337 e. The van der Waals surface area contributed by atoms with Gasteiger partial charge in [-0.05, 0) is 61.5 Å². The second-order valence-corrected chi connectivity index (χ2v) is 7.65. The van der Waals surface area contributed by atoms with Gasteiger partial charge in [0, 0.05) is 11.8 Å². The van der Waals surface area contributed by atoms with E-state index in [1.807, 2.05) is 55.1 Å². The highest BCUT2D eigenvalue weighted by Gasteiger charge is 2.35. The molecule has 0 unspecified atom stereocenters. The van der Waals surface area contributed by atoms with E-state index in [0.717, 1.165) is 22.6 Å². The van der Waals surface area contributed by atoms with E-state index >= 15 is 0 Å². The molecule has 31 heavy (non-hydrogen) atoms. The van der Waals surface area contributed by atoms with E-state index in [4.69, 9.17) is 31.2 Å². The van der Waals surface area contributed by atoms with Crippen LogP contribution in [0, 0.1) is 6.92 Å². The highest BCUT2D eigenvalue weighted by molar-refractivity contribution is 7.80. The van der Waals surface area contributed by atoms with Crippen LogP contribution < -0.4 is 24.4 Å². The van der Waals surface area contributed by atoms with Gasteiger partial charge >= 0.3 is 5.97 Å². The molecule has 2 aromatic rings. The van der Waals surface area contributed by atoms with Crippen LogP contribution in [-0.2, 0) is 9.53 Å². The molecular weight excluding hydrogens is 416 g/mol. The van der Waals surface area contributed by atoms with Gasteiger partial charge in [0.2, 0.25) is 0 Å². The van der Waals surface area contributed by atoms with Gasteiger partial charge in [-0.15, -0.1) is 0 Å². The first-order valence-electron chi connectivity index (χ1n) is 9.88. The number of rotatable bonds is 4. The predicted octanol–water partition coefficient (Wildman–Crippen LogP) is 3.66. The van der Waals surface area contributed by atoms with Crippen LogP contribution in [0.3, 0.4) is 0 Å². The fourth-order valence-electron chi connectivity index (χ4n) is 3.93. The second kappa shape index (κ2) is 8.47. The van der Waals surface area contributed by atoms with Crippen LogP contribution in [0.2, 0.25) is 0 Å². The Kier molecular flexibility index (Phi) is 5.73. The molecule has 0 aromatic heterocycles. The summed E-state index contributed by atoms with van der Waals surface area (Å²) in [7, 11) is 3.01. The number of carbonyl (C=O) groups excluding carboxylic acids is 1. The second-order valence-electron chi connectivity index (χ2n) is 7.27. The summed E-state index contributed by atoms with van der Waals surface area (Å²) in [5, 5.41) is 3.78. The summed E-state index contributed by atoms with van der Waals surface area (Å²) >= 11 is 5.71. The zero-order valence-corrected chi connectivity index (χ0v) is 18.7. The van der Waals surface area contributed by atoms with Gasteiger partial charge in [-0.1, -0.05) is 6.07 Å². The monoisotopic (exact) mass is 440 g/mol. The Bertz CT molecular complexity index is 1080. The molecule has 0 radical (unpaired) electrons. The summed E-state index contributed by atoms with van der Waals surface area (Å²) in [6.07, 6.45) is 0. The van der Waals surface area contributed by atoms with Crippen LogP contribution >= 0.6 is 12.2 Å². The number of hydrogen-bond acceptors (Lipinski definition) is 6. The minimum absolute atomic E-state index is 0.423. The van der Waals surface area contributed by atoms with Gasteiger partial charge in [0.05, 0.1) is 31.5 Å². The van der Waals surface area contributed by atoms with Crippen LogP contribution in [0.25, 0.3) is 0 Å². The SMILES string of the molecule is COC(=O)C1=C(C)N(c2ccc3c(c2)OCCO3)C(=S)N[C@@H]1c1ccc(OC)c(C)c1. The third kappa shape index (κ3) is 3.79. The first-order valence-corrected chi connectivity index (χ1v) is 10.3. The summed E-state index contributed by atoms with van der Waals surface area (Å²) in [5.74, 6) is 1.69. The minimum atomic E-state index is -0.446. The van der Waals surface area contributed by atoms with Crippen molar-refractivity contribution >= 4 is 29.0 Å². The fraction of sp³-hybridized carbons (Fsp3) is 0.304. The molecule has 2 aromatic carbocycles. The molecule has 0 amide bonds. The molecule has 4 rings (SSSR count). The molecule has 0 bridgehead atoms. The topological polar surface area (TPSA) is 69.3 Å². The zero-order chi connectivity index (χ0) is 22.1. The average molecular weight is 441 g/mol. The lowest BCUT2D eigenvalue weighted by Crippen LogP contribution is -2.48. The number of aryl methyl sites for hydroxylation is 1. The van der Waals surface area contributed by atoms with Crippen molar-refractivity contribution in [3.05, 3.63) is 58.8 Å². The number of carbonyl (C=O) groups is 1. The lowest BCUT2D eigenvalue weighted by molar-refractivity contribution is -0.136. The number of benzene rings is 2. The Labute approximate surface area is 186 Å². The molecule has 0 saturated carbocycles. The van der Waals surface area contributed by atoms with Gasteiger partial charge in [0.25, 0.3) is 0 Å². The van der Waals surface area contributed by atoms with Crippen molar-refractivity contribution in [2.45, 2.75) is 19.9 Å². The molecule has 2 aliphatic rings. The molecule has 0 spiro atoms. The maximum absolute atomic E-state index is 12.8. The number of nitrogens with one attached hydrogen (secondary N) is 1. The van der Waals surface area contributed by atoms with Crippen molar-refractivity contribution in [3.8, 4) is 17.2 Å². The van der Waals surface area contributed by atoms with E-state index < -0.39 is 12.0 Å². The number of anilines is 1. The highest BCUT2D eigenvalue weighted by Crippen LogP contribution is 2.39. The third-order valence-electron chi connectivity index (χ3n) is 5.43. The molecule has 1 atom stereocenters.